The predicted molar refractivity (Wildman–Crippen MR) is 122 cm³/mol. The van der Waals surface area contributed by atoms with Gasteiger partial charge in [0.1, 0.15) is 0 Å². The fourth-order valence-corrected chi connectivity index (χ4v) is 4.02. The molecule has 7 N–H and O–H groups in total. The van der Waals surface area contributed by atoms with Gasteiger partial charge in [0.15, 0.2) is 0 Å². The van der Waals surface area contributed by atoms with Crippen LogP contribution in [0.15, 0.2) is 0 Å². The van der Waals surface area contributed by atoms with Crippen molar-refractivity contribution in [1.29, 1.82) is 0 Å². The van der Waals surface area contributed by atoms with Crippen LogP contribution in [0.25, 0.3) is 0 Å². The van der Waals surface area contributed by atoms with Gasteiger partial charge in [-0.05, 0) is 64.6 Å². The Balaban J connectivity index is 4.13. The molecule has 0 spiro atoms. The molecule has 0 heterocycles. The molecule has 5 nitrogen and oxygen atoms in total. The van der Waals surface area contributed by atoms with E-state index >= 15 is 0 Å². The molecular formula is C23H50N4O. The summed E-state index contributed by atoms with van der Waals surface area (Å²) in [6, 6.07) is 0. The molecule has 1 amide bonds. The largest absolute Gasteiger partial charge is 0.351 e. The molecule has 0 aliphatic heterocycles. The van der Waals surface area contributed by atoms with E-state index in [1.807, 2.05) is 0 Å². The maximum absolute atomic E-state index is 12.6. The van der Waals surface area contributed by atoms with Crippen molar-refractivity contribution in [2.45, 2.75) is 122 Å². The van der Waals surface area contributed by atoms with Crippen molar-refractivity contribution in [1.82, 2.24) is 5.32 Å². The lowest BCUT2D eigenvalue weighted by atomic mass is 9.83. The first kappa shape index (κ1) is 27.4. The van der Waals surface area contributed by atoms with E-state index in [4.69, 9.17) is 17.2 Å². The molecule has 0 atom stereocenters. The fourth-order valence-electron chi connectivity index (χ4n) is 4.02. The Hall–Kier alpha value is -0.650. The molecule has 0 radical (unpaired) electrons. The number of nitrogens with two attached hydrogens (primary N) is 3. The third-order valence-corrected chi connectivity index (χ3v) is 5.74. The van der Waals surface area contributed by atoms with Gasteiger partial charge in [0.25, 0.3) is 0 Å². The number of hydrogen-bond donors (Lipinski definition) is 4. The van der Waals surface area contributed by atoms with Crippen LogP contribution in [0.1, 0.15) is 116 Å². The van der Waals surface area contributed by atoms with Crippen molar-refractivity contribution in [2.24, 2.45) is 17.2 Å². The van der Waals surface area contributed by atoms with Gasteiger partial charge in [-0.25, -0.2) is 0 Å². The molecule has 0 aromatic carbocycles. The summed E-state index contributed by atoms with van der Waals surface area (Å²) in [5.41, 5.74) is 17.0. The molecule has 0 aromatic rings. The average Bonchev–Trinajstić information content (AvgIpc) is 2.70. The lowest BCUT2D eigenvalue weighted by Gasteiger charge is -2.35. The highest BCUT2D eigenvalue weighted by atomic mass is 16.1. The van der Waals surface area contributed by atoms with Gasteiger partial charge in [-0.3, -0.25) is 4.79 Å². The van der Waals surface area contributed by atoms with Gasteiger partial charge in [-0.1, -0.05) is 64.7 Å². The van der Waals surface area contributed by atoms with Crippen molar-refractivity contribution in [3.63, 3.8) is 0 Å². The second-order valence-electron chi connectivity index (χ2n) is 8.44. The van der Waals surface area contributed by atoms with E-state index in [1.54, 1.807) is 0 Å². The summed E-state index contributed by atoms with van der Waals surface area (Å²) in [5.74, 6) is 0.186. The average molecular weight is 399 g/mol. The molecule has 0 saturated carbocycles. The van der Waals surface area contributed by atoms with E-state index < -0.39 is 0 Å². The van der Waals surface area contributed by atoms with Gasteiger partial charge in [0.2, 0.25) is 5.91 Å². The number of rotatable bonds is 21. The lowest BCUT2D eigenvalue weighted by molar-refractivity contribution is -0.123. The van der Waals surface area contributed by atoms with Crippen LogP contribution in [0.2, 0.25) is 0 Å². The summed E-state index contributed by atoms with van der Waals surface area (Å²) in [5, 5.41) is 3.36. The number of nitrogens with one attached hydrogen (secondary N) is 1. The minimum Gasteiger partial charge on any atom is -0.351 e. The van der Waals surface area contributed by atoms with Crippen LogP contribution >= 0.6 is 0 Å². The Labute approximate surface area is 174 Å². The van der Waals surface area contributed by atoms with Crippen molar-refractivity contribution >= 4 is 5.91 Å². The molecule has 0 aliphatic carbocycles. The van der Waals surface area contributed by atoms with E-state index in [2.05, 4.69) is 12.2 Å². The van der Waals surface area contributed by atoms with Crippen LogP contribution in [0, 0.1) is 0 Å². The molecule has 168 valence electrons. The van der Waals surface area contributed by atoms with Gasteiger partial charge in [0.05, 0.1) is 0 Å². The molecule has 0 fully saturated rings. The van der Waals surface area contributed by atoms with Crippen LogP contribution in [-0.4, -0.2) is 31.1 Å². The molecule has 0 saturated heterocycles. The summed E-state index contributed by atoms with van der Waals surface area (Å²) in [7, 11) is 0. The number of carbonyl (C=O) groups excluding carboxylic acids is 1. The zero-order valence-corrected chi connectivity index (χ0v) is 18.8. The molecule has 0 rings (SSSR count). The maximum Gasteiger partial charge on any atom is 0.220 e. The first-order valence-electron chi connectivity index (χ1n) is 12.1. The van der Waals surface area contributed by atoms with E-state index in [0.717, 1.165) is 51.4 Å². The van der Waals surface area contributed by atoms with E-state index in [9.17, 15) is 4.79 Å². The van der Waals surface area contributed by atoms with E-state index in [-0.39, 0.29) is 11.4 Å². The fraction of sp³-hybridized carbons (Fsp3) is 0.957. The first-order valence-corrected chi connectivity index (χ1v) is 12.1. The van der Waals surface area contributed by atoms with Crippen molar-refractivity contribution < 1.29 is 4.79 Å². The number of unbranched alkanes of at least 4 members (excludes halogenated alkanes) is 9. The highest BCUT2D eigenvalue weighted by Crippen LogP contribution is 2.25. The molecule has 0 bridgehead atoms. The Morgan fingerprint density at radius 1 is 0.643 bits per heavy atom. The van der Waals surface area contributed by atoms with Crippen LogP contribution in [0.5, 0.6) is 0 Å². The summed E-state index contributed by atoms with van der Waals surface area (Å²) in [4.78, 5) is 12.6. The summed E-state index contributed by atoms with van der Waals surface area (Å²) in [6.07, 6.45) is 19.0. The molecule has 5 heteroatoms. The number of carbonyl (C=O) groups is 1. The third kappa shape index (κ3) is 15.3. The Morgan fingerprint density at radius 2 is 1.04 bits per heavy atom. The zero-order valence-electron chi connectivity index (χ0n) is 18.8. The molecule has 0 aliphatic rings. The minimum atomic E-state index is -0.173. The van der Waals surface area contributed by atoms with Gasteiger partial charge in [-0.2, -0.15) is 0 Å². The normalized spacial score (nSPS) is 11.7. The summed E-state index contributed by atoms with van der Waals surface area (Å²) < 4.78 is 0. The summed E-state index contributed by atoms with van der Waals surface area (Å²) >= 11 is 0. The van der Waals surface area contributed by atoms with Crippen LogP contribution in [0.3, 0.4) is 0 Å². The first-order chi connectivity index (χ1) is 13.6. The lowest BCUT2D eigenvalue weighted by Crippen LogP contribution is -2.49. The Morgan fingerprint density at radius 3 is 1.43 bits per heavy atom. The molecule has 0 unspecified atom stereocenters. The van der Waals surface area contributed by atoms with E-state index in [0.29, 0.717) is 26.1 Å². The second kappa shape index (κ2) is 19.7. The molecule has 0 aromatic heterocycles. The highest BCUT2D eigenvalue weighted by molar-refractivity contribution is 5.76. The maximum atomic E-state index is 12.6. The van der Waals surface area contributed by atoms with Crippen molar-refractivity contribution in [3.8, 4) is 0 Å². The van der Waals surface area contributed by atoms with Crippen LogP contribution in [0.4, 0.5) is 0 Å². The monoisotopic (exact) mass is 398 g/mol. The Kier molecular flexibility index (Phi) is 19.2. The highest BCUT2D eigenvalue weighted by Gasteiger charge is 2.29. The van der Waals surface area contributed by atoms with Gasteiger partial charge in [0, 0.05) is 12.0 Å². The molecular weight excluding hydrogens is 348 g/mol. The van der Waals surface area contributed by atoms with Gasteiger partial charge >= 0.3 is 0 Å². The van der Waals surface area contributed by atoms with Gasteiger partial charge in [-0.15, -0.1) is 0 Å². The zero-order chi connectivity index (χ0) is 20.9. The van der Waals surface area contributed by atoms with Gasteiger partial charge < -0.3 is 22.5 Å². The molecule has 28 heavy (non-hydrogen) atoms. The van der Waals surface area contributed by atoms with E-state index in [1.165, 1.54) is 51.4 Å². The Bertz CT molecular complexity index is 328. The van der Waals surface area contributed by atoms with Crippen LogP contribution < -0.4 is 22.5 Å². The second-order valence-corrected chi connectivity index (χ2v) is 8.44. The smallest absolute Gasteiger partial charge is 0.220 e. The van der Waals surface area contributed by atoms with Crippen molar-refractivity contribution in [3.05, 3.63) is 0 Å². The quantitative estimate of drug-likeness (QED) is 0.215. The number of hydrogen-bond acceptors (Lipinski definition) is 4. The minimum absolute atomic E-state index is 0.173. The topological polar surface area (TPSA) is 107 Å². The van der Waals surface area contributed by atoms with Crippen molar-refractivity contribution in [2.75, 3.05) is 19.6 Å². The predicted octanol–water partition coefficient (Wildman–Crippen LogP) is 4.37. The number of amides is 1. The third-order valence-electron chi connectivity index (χ3n) is 5.74. The SMILES string of the molecule is CCCCCCCCCCCCC(=O)NC(CCCN)(CCCN)CCCN. The summed E-state index contributed by atoms with van der Waals surface area (Å²) in [6.45, 7) is 4.22. The standard InChI is InChI=1S/C23H50N4O/c1-2-3-4-5-6-7-8-9-10-11-15-22(28)27-23(16-12-19-24,17-13-20-25)18-14-21-26/h2-21,24-26H2,1H3,(H,27,28). The van der Waals surface area contributed by atoms with Crippen LogP contribution in [-0.2, 0) is 4.79 Å².